The minimum absolute atomic E-state index is 0.0420. The molecular weight excluding hydrogens is 426 g/mol. The summed E-state index contributed by atoms with van der Waals surface area (Å²) in [6.07, 6.45) is 0. The highest BCUT2D eigenvalue weighted by molar-refractivity contribution is 9.10. The number of hydrogen-bond acceptors (Lipinski definition) is 5. The van der Waals surface area contributed by atoms with E-state index < -0.39 is 0 Å². The molecule has 3 rings (SSSR count). The van der Waals surface area contributed by atoms with Crippen LogP contribution in [-0.4, -0.2) is 26.7 Å². The minimum Gasteiger partial charge on any atom is -0.486 e. The largest absolute Gasteiger partial charge is 0.486 e. The molecule has 0 saturated heterocycles. The number of ether oxygens (including phenoxy) is 1. The fourth-order valence-electron chi connectivity index (χ4n) is 2.36. The number of Topliss-reactive ketones (excluding diaryl/α,β-unsaturated/α-hetero) is 1. The van der Waals surface area contributed by atoms with Gasteiger partial charge in [0.15, 0.2) is 11.6 Å². The molecule has 27 heavy (non-hydrogen) atoms. The number of nitrogens with zero attached hydrogens (tertiary/aromatic N) is 2. The molecule has 5 nitrogen and oxygen atoms in total. The second-order valence-corrected chi connectivity index (χ2v) is 8.15. The zero-order valence-corrected chi connectivity index (χ0v) is 17.5. The SMILES string of the molecule is CC(C)c1ccc(OCc2nc(SCC(=O)c3ccc(Br)cc3)n[nH]2)cc1. The van der Waals surface area contributed by atoms with Crippen molar-refractivity contribution < 1.29 is 9.53 Å². The molecule has 0 spiro atoms. The number of carbonyl (C=O) groups excluding carboxylic acids is 1. The van der Waals surface area contributed by atoms with Crippen LogP contribution in [0.1, 0.15) is 41.5 Å². The van der Waals surface area contributed by atoms with Gasteiger partial charge in [0.2, 0.25) is 5.16 Å². The van der Waals surface area contributed by atoms with Crippen LogP contribution in [0.2, 0.25) is 0 Å². The lowest BCUT2D eigenvalue weighted by atomic mass is 10.0. The van der Waals surface area contributed by atoms with Crippen LogP contribution in [0, 0.1) is 0 Å². The van der Waals surface area contributed by atoms with Gasteiger partial charge in [-0.05, 0) is 35.7 Å². The van der Waals surface area contributed by atoms with Crippen LogP contribution in [0.15, 0.2) is 58.2 Å². The van der Waals surface area contributed by atoms with Crippen molar-refractivity contribution in [3.8, 4) is 5.75 Å². The van der Waals surface area contributed by atoms with E-state index in [-0.39, 0.29) is 11.5 Å². The quantitative estimate of drug-likeness (QED) is 0.378. The first-order chi connectivity index (χ1) is 13.0. The molecule has 0 atom stereocenters. The van der Waals surface area contributed by atoms with Gasteiger partial charge >= 0.3 is 0 Å². The second-order valence-electron chi connectivity index (χ2n) is 6.30. The highest BCUT2D eigenvalue weighted by atomic mass is 79.9. The van der Waals surface area contributed by atoms with Crippen LogP contribution in [-0.2, 0) is 6.61 Å². The van der Waals surface area contributed by atoms with Gasteiger partial charge in [-0.15, -0.1) is 5.10 Å². The molecule has 0 aliphatic heterocycles. The molecular formula is C20H20BrN3O2S. The first-order valence-electron chi connectivity index (χ1n) is 8.57. The smallest absolute Gasteiger partial charge is 0.208 e. The first-order valence-corrected chi connectivity index (χ1v) is 10.3. The van der Waals surface area contributed by atoms with E-state index in [1.54, 1.807) is 12.1 Å². The minimum atomic E-state index is 0.0420. The first kappa shape index (κ1) is 19.6. The molecule has 7 heteroatoms. The molecule has 0 saturated carbocycles. The summed E-state index contributed by atoms with van der Waals surface area (Å²) in [5, 5.41) is 7.52. The van der Waals surface area contributed by atoms with Gasteiger partial charge < -0.3 is 4.74 Å². The van der Waals surface area contributed by atoms with Crippen molar-refractivity contribution >= 4 is 33.5 Å². The Balaban J connectivity index is 1.49. The molecule has 0 aliphatic rings. The van der Waals surface area contributed by atoms with Crippen LogP contribution in [0.3, 0.4) is 0 Å². The third-order valence-electron chi connectivity index (χ3n) is 3.93. The normalized spacial score (nSPS) is 11.0. The average Bonchev–Trinajstić information content (AvgIpc) is 3.13. The van der Waals surface area contributed by atoms with Crippen molar-refractivity contribution in [1.82, 2.24) is 15.2 Å². The molecule has 0 radical (unpaired) electrons. The van der Waals surface area contributed by atoms with Gasteiger partial charge in [0.25, 0.3) is 0 Å². The summed E-state index contributed by atoms with van der Waals surface area (Å²) in [5.41, 5.74) is 1.95. The lowest BCUT2D eigenvalue weighted by molar-refractivity contribution is 0.102. The molecule has 0 fully saturated rings. The molecule has 1 aromatic heterocycles. The molecule has 0 unspecified atom stereocenters. The average molecular weight is 446 g/mol. The van der Waals surface area contributed by atoms with E-state index in [9.17, 15) is 4.79 Å². The molecule has 0 bridgehead atoms. The summed E-state index contributed by atoms with van der Waals surface area (Å²) < 4.78 is 6.68. The van der Waals surface area contributed by atoms with Crippen molar-refractivity contribution in [2.75, 3.05) is 5.75 Å². The standard InChI is InChI=1S/C20H20BrN3O2S/c1-13(2)14-5-9-17(10-6-14)26-11-19-22-20(24-23-19)27-12-18(25)15-3-7-16(21)8-4-15/h3-10,13H,11-12H2,1-2H3,(H,22,23,24). The molecule has 1 heterocycles. The number of carbonyl (C=O) groups is 1. The van der Waals surface area contributed by atoms with Gasteiger partial charge in [0.1, 0.15) is 12.4 Å². The molecule has 0 amide bonds. The Morgan fingerprint density at radius 1 is 1.15 bits per heavy atom. The predicted octanol–water partition coefficient (Wildman–Crippen LogP) is 5.24. The summed E-state index contributed by atoms with van der Waals surface area (Å²) >= 11 is 4.67. The predicted molar refractivity (Wildman–Crippen MR) is 110 cm³/mol. The van der Waals surface area contributed by atoms with E-state index in [1.165, 1.54) is 17.3 Å². The third kappa shape index (κ3) is 5.68. The van der Waals surface area contributed by atoms with Gasteiger partial charge in [-0.1, -0.05) is 65.8 Å². The number of hydrogen-bond donors (Lipinski definition) is 1. The van der Waals surface area contributed by atoms with Gasteiger partial charge in [-0.2, -0.15) is 0 Å². The summed E-state index contributed by atoms with van der Waals surface area (Å²) in [7, 11) is 0. The number of aromatic nitrogens is 3. The highest BCUT2D eigenvalue weighted by Crippen LogP contribution is 2.20. The number of aromatic amines is 1. The van der Waals surface area contributed by atoms with Crippen molar-refractivity contribution in [2.24, 2.45) is 0 Å². The summed E-state index contributed by atoms with van der Waals surface area (Å²) in [6, 6.07) is 15.4. The Bertz CT molecular complexity index is 892. The van der Waals surface area contributed by atoms with Crippen LogP contribution < -0.4 is 4.74 Å². The Kier molecular flexibility index (Phi) is 6.68. The number of benzene rings is 2. The summed E-state index contributed by atoms with van der Waals surface area (Å²) in [4.78, 5) is 16.6. The number of H-pyrrole nitrogens is 1. The zero-order valence-electron chi connectivity index (χ0n) is 15.1. The number of thioether (sulfide) groups is 1. The Hall–Kier alpha value is -2.12. The maximum Gasteiger partial charge on any atom is 0.208 e. The maximum absolute atomic E-state index is 12.2. The van der Waals surface area contributed by atoms with Gasteiger partial charge in [0, 0.05) is 10.0 Å². The monoisotopic (exact) mass is 445 g/mol. The number of ketones is 1. The molecule has 2 aromatic carbocycles. The van der Waals surface area contributed by atoms with E-state index >= 15 is 0 Å². The van der Waals surface area contributed by atoms with E-state index in [1.807, 2.05) is 24.3 Å². The molecule has 0 aliphatic carbocycles. The highest BCUT2D eigenvalue weighted by Gasteiger charge is 2.10. The summed E-state index contributed by atoms with van der Waals surface area (Å²) in [5.74, 6) is 2.24. The molecule has 1 N–H and O–H groups in total. The maximum atomic E-state index is 12.2. The fraction of sp³-hybridized carbons (Fsp3) is 0.250. The van der Waals surface area contributed by atoms with E-state index in [2.05, 4.69) is 57.1 Å². The van der Waals surface area contributed by atoms with Crippen molar-refractivity contribution in [2.45, 2.75) is 31.5 Å². The third-order valence-corrected chi connectivity index (χ3v) is 5.31. The van der Waals surface area contributed by atoms with Crippen molar-refractivity contribution in [1.29, 1.82) is 0 Å². The van der Waals surface area contributed by atoms with Gasteiger partial charge in [-0.25, -0.2) is 4.98 Å². The molecule has 140 valence electrons. The van der Waals surface area contributed by atoms with E-state index in [4.69, 9.17) is 4.74 Å². The zero-order chi connectivity index (χ0) is 19.2. The van der Waals surface area contributed by atoms with Crippen LogP contribution in [0.25, 0.3) is 0 Å². The summed E-state index contributed by atoms with van der Waals surface area (Å²) in [6.45, 7) is 4.62. The number of halogens is 1. The van der Waals surface area contributed by atoms with E-state index in [0.29, 0.717) is 29.1 Å². The Morgan fingerprint density at radius 3 is 2.52 bits per heavy atom. The topological polar surface area (TPSA) is 67.9 Å². The number of rotatable bonds is 8. The number of nitrogens with one attached hydrogen (secondary N) is 1. The van der Waals surface area contributed by atoms with Gasteiger partial charge in [-0.3, -0.25) is 9.89 Å². The Labute approximate surface area is 171 Å². The van der Waals surface area contributed by atoms with Crippen LogP contribution in [0.4, 0.5) is 0 Å². The lowest BCUT2D eigenvalue weighted by Gasteiger charge is -2.07. The fourth-order valence-corrected chi connectivity index (χ4v) is 3.33. The van der Waals surface area contributed by atoms with Crippen LogP contribution >= 0.6 is 27.7 Å². The van der Waals surface area contributed by atoms with Crippen molar-refractivity contribution in [3.63, 3.8) is 0 Å². The van der Waals surface area contributed by atoms with Gasteiger partial charge in [0.05, 0.1) is 5.75 Å². The second kappa shape index (κ2) is 9.19. The lowest BCUT2D eigenvalue weighted by Crippen LogP contribution is -2.02. The Morgan fingerprint density at radius 2 is 1.85 bits per heavy atom. The van der Waals surface area contributed by atoms with Crippen LogP contribution in [0.5, 0.6) is 5.75 Å². The van der Waals surface area contributed by atoms with Crippen molar-refractivity contribution in [3.05, 3.63) is 70.0 Å². The van der Waals surface area contributed by atoms with E-state index in [0.717, 1.165) is 10.2 Å². The molecule has 3 aromatic rings.